The SMILES string of the molecule is N[C@H]1C[C@@H](C2CN(c3ccc4c(n3)NCCO4)C(=O)O2)C1. The first kappa shape index (κ1) is 12.7. The van der Waals surface area contributed by atoms with Crippen molar-refractivity contribution in [3.05, 3.63) is 12.1 Å². The molecular formula is C14H18N4O3. The third-order valence-electron chi connectivity index (χ3n) is 4.34. The number of amides is 1. The molecule has 1 aromatic heterocycles. The van der Waals surface area contributed by atoms with Crippen molar-refractivity contribution in [3.63, 3.8) is 0 Å². The van der Waals surface area contributed by atoms with E-state index in [9.17, 15) is 4.79 Å². The van der Waals surface area contributed by atoms with Crippen LogP contribution in [0, 0.1) is 5.92 Å². The van der Waals surface area contributed by atoms with E-state index in [0.29, 0.717) is 30.7 Å². The highest BCUT2D eigenvalue weighted by Crippen LogP contribution is 2.36. The van der Waals surface area contributed by atoms with Crippen molar-refractivity contribution >= 4 is 17.7 Å². The molecule has 1 unspecified atom stereocenters. The first-order valence-corrected chi connectivity index (χ1v) is 7.32. The van der Waals surface area contributed by atoms with Gasteiger partial charge in [-0.25, -0.2) is 9.78 Å². The Morgan fingerprint density at radius 3 is 3.05 bits per heavy atom. The minimum absolute atomic E-state index is 0.0701. The second kappa shape index (κ2) is 4.77. The Balaban J connectivity index is 1.52. The standard InChI is InChI=1S/C14H18N4O3/c15-9-5-8(6-9)11-7-18(14(19)21-11)12-2-1-10-13(17-12)16-3-4-20-10/h1-2,8-9,11H,3-7,15H2,(H,16,17)/t8-,9+,11?. The lowest BCUT2D eigenvalue weighted by Gasteiger charge is -2.35. The first-order valence-electron chi connectivity index (χ1n) is 7.32. The molecule has 2 aliphatic heterocycles. The number of nitrogens with zero attached hydrogens (tertiary/aromatic N) is 2. The molecule has 3 heterocycles. The van der Waals surface area contributed by atoms with Gasteiger partial charge < -0.3 is 20.5 Å². The molecule has 1 saturated carbocycles. The quantitative estimate of drug-likeness (QED) is 0.843. The number of cyclic esters (lactones) is 1. The van der Waals surface area contributed by atoms with E-state index in [1.807, 2.05) is 6.07 Å². The second-order valence-corrected chi connectivity index (χ2v) is 5.82. The van der Waals surface area contributed by atoms with Crippen LogP contribution >= 0.6 is 0 Å². The number of anilines is 2. The lowest BCUT2D eigenvalue weighted by atomic mass is 9.77. The molecule has 1 atom stereocenters. The molecule has 0 spiro atoms. The summed E-state index contributed by atoms with van der Waals surface area (Å²) in [5.74, 6) is 2.38. The van der Waals surface area contributed by atoms with Gasteiger partial charge in [0.15, 0.2) is 11.6 Å². The predicted molar refractivity (Wildman–Crippen MR) is 76.5 cm³/mol. The normalized spacial score (nSPS) is 30.8. The van der Waals surface area contributed by atoms with E-state index in [2.05, 4.69) is 10.3 Å². The molecule has 1 aromatic rings. The Morgan fingerprint density at radius 2 is 2.24 bits per heavy atom. The third-order valence-corrected chi connectivity index (χ3v) is 4.34. The monoisotopic (exact) mass is 290 g/mol. The molecule has 0 bridgehead atoms. The van der Waals surface area contributed by atoms with Crippen LogP contribution in [-0.2, 0) is 4.74 Å². The van der Waals surface area contributed by atoms with Crippen LogP contribution in [0.4, 0.5) is 16.4 Å². The molecule has 2 fully saturated rings. The number of rotatable bonds is 2. The van der Waals surface area contributed by atoms with Crippen molar-refractivity contribution in [1.29, 1.82) is 0 Å². The summed E-state index contributed by atoms with van der Waals surface area (Å²) < 4.78 is 11.0. The maximum absolute atomic E-state index is 12.1. The predicted octanol–water partition coefficient (Wildman–Crippen LogP) is 0.948. The number of carbonyl (C=O) groups is 1. The van der Waals surface area contributed by atoms with Gasteiger partial charge in [-0.3, -0.25) is 4.90 Å². The van der Waals surface area contributed by atoms with E-state index in [4.69, 9.17) is 15.2 Å². The largest absolute Gasteiger partial charge is 0.488 e. The van der Waals surface area contributed by atoms with Crippen LogP contribution in [0.5, 0.6) is 5.75 Å². The fraction of sp³-hybridized carbons (Fsp3) is 0.571. The zero-order valence-corrected chi connectivity index (χ0v) is 11.6. The van der Waals surface area contributed by atoms with Gasteiger partial charge in [0.25, 0.3) is 0 Å². The van der Waals surface area contributed by atoms with Gasteiger partial charge in [0.2, 0.25) is 0 Å². The first-order chi connectivity index (χ1) is 10.2. The van der Waals surface area contributed by atoms with Crippen molar-refractivity contribution in [2.24, 2.45) is 11.7 Å². The van der Waals surface area contributed by atoms with E-state index in [1.54, 1.807) is 11.0 Å². The smallest absolute Gasteiger partial charge is 0.415 e. The number of hydrogen-bond acceptors (Lipinski definition) is 6. The van der Waals surface area contributed by atoms with Gasteiger partial charge in [0.05, 0.1) is 13.1 Å². The summed E-state index contributed by atoms with van der Waals surface area (Å²) in [5.41, 5.74) is 5.80. The minimum atomic E-state index is -0.329. The number of nitrogens with one attached hydrogen (secondary N) is 1. The lowest BCUT2D eigenvalue weighted by molar-refractivity contribution is 0.0620. The number of aromatic nitrogens is 1. The minimum Gasteiger partial charge on any atom is -0.488 e. The number of hydrogen-bond donors (Lipinski definition) is 2. The molecule has 3 N–H and O–H groups in total. The highest BCUT2D eigenvalue weighted by atomic mass is 16.6. The van der Waals surface area contributed by atoms with E-state index in [0.717, 1.165) is 25.1 Å². The molecule has 1 amide bonds. The second-order valence-electron chi connectivity index (χ2n) is 5.82. The van der Waals surface area contributed by atoms with Gasteiger partial charge in [-0.15, -0.1) is 0 Å². The van der Waals surface area contributed by atoms with Gasteiger partial charge >= 0.3 is 6.09 Å². The number of fused-ring (bicyclic) bond motifs is 1. The van der Waals surface area contributed by atoms with Gasteiger partial charge in [-0.2, -0.15) is 0 Å². The van der Waals surface area contributed by atoms with Gasteiger partial charge in [0, 0.05) is 12.0 Å². The maximum atomic E-state index is 12.1. The van der Waals surface area contributed by atoms with Gasteiger partial charge in [-0.1, -0.05) is 0 Å². The Bertz CT molecular complexity index is 573. The Hall–Kier alpha value is -2.02. The van der Waals surface area contributed by atoms with Crippen LogP contribution in [0.2, 0.25) is 0 Å². The Kier molecular flexibility index (Phi) is 2.88. The molecule has 21 heavy (non-hydrogen) atoms. The highest BCUT2D eigenvalue weighted by Gasteiger charge is 2.42. The molecule has 1 aliphatic carbocycles. The molecule has 4 rings (SSSR count). The molecule has 112 valence electrons. The van der Waals surface area contributed by atoms with Gasteiger partial charge in [0.1, 0.15) is 18.5 Å². The van der Waals surface area contributed by atoms with Crippen molar-refractivity contribution in [3.8, 4) is 5.75 Å². The average Bonchev–Trinajstić information content (AvgIpc) is 2.85. The van der Waals surface area contributed by atoms with Crippen molar-refractivity contribution in [2.75, 3.05) is 29.9 Å². The lowest BCUT2D eigenvalue weighted by Crippen LogP contribution is -2.43. The molecular weight excluding hydrogens is 272 g/mol. The van der Waals surface area contributed by atoms with E-state index in [-0.39, 0.29) is 18.2 Å². The summed E-state index contributed by atoms with van der Waals surface area (Å²) in [6.07, 6.45) is 1.46. The fourth-order valence-electron chi connectivity index (χ4n) is 3.09. The number of ether oxygens (including phenoxy) is 2. The van der Waals surface area contributed by atoms with Crippen molar-refractivity contribution in [2.45, 2.75) is 25.0 Å². The molecule has 7 heteroatoms. The van der Waals surface area contributed by atoms with Crippen LogP contribution < -0.4 is 20.7 Å². The number of pyridine rings is 1. The van der Waals surface area contributed by atoms with E-state index >= 15 is 0 Å². The number of nitrogens with two attached hydrogens (primary N) is 1. The molecule has 1 saturated heterocycles. The molecule has 0 aromatic carbocycles. The zero-order valence-electron chi connectivity index (χ0n) is 11.6. The van der Waals surface area contributed by atoms with Crippen molar-refractivity contribution in [1.82, 2.24) is 4.98 Å². The topological polar surface area (TPSA) is 89.7 Å². The average molecular weight is 290 g/mol. The van der Waals surface area contributed by atoms with E-state index in [1.165, 1.54) is 0 Å². The van der Waals surface area contributed by atoms with E-state index < -0.39 is 0 Å². The summed E-state index contributed by atoms with van der Waals surface area (Å²) in [6.45, 7) is 1.89. The summed E-state index contributed by atoms with van der Waals surface area (Å²) in [6, 6.07) is 3.89. The highest BCUT2D eigenvalue weighted by molar-refractivity contribution is 5.89. The molecule has 3 aliphatic rings. The zero-order chi connectivity index (χ0) is 14.4. The molecule has 7 nitrogen and oxygen atoms in total. The Labute approximate surface area is 122 Å². The van der Waals surface area contributed by atoms with Crippen LogP contribution in [0.25, 0.3) is 0 Å². The fourth-order valence-corrected chi connectivity index (χ4v) is 3.09. The summed E-state index contributed by atoms with van der Waals surface area (Å²) in [5, 5.41) is 3.17. The third kappa shape index (κ3) is 2.17. The summed E-state index contributed by atoms with van der Waals surface area (Å²) in [7, 11) is 0. The summed E-state index contributed by atoms with van der Waals surface area (Å²) in [4.78, 5) is 18.1. The summed E-state index contributed by atoms with van der Waals surface area (Å²) >= 11 is 0. The van der Waals surface area contributed by atoms with Gasteiger partial charge in [-0.05, 0) is 25.0 Å². The van der Waals surface area contributed by atoms with Crippen LogP contribution in [0.1, 0.15) is 12.8 Å². The van der Waals surface area contributed by atoms with Crippen LogP contribution in [0.15, 0.2) is 12.1 Å². The maximum Gasteiger partial charge on any atom is 0.415 e. The van der Waals surface area contributed by atoms with Crippen LogP contribution in [-0.4, -0.2) is 42.9 Å². The Morgan fingerprint density at radius 1 is 1.38 bits per heavy atom. The van der Waals surface area contributed by atoms with Crippen molar-refractivity contribution < 1.29 is 14.3 Å². The molecule has 0 radical (unpaired) electrons. The van der Waals surface area contributed by atoms with Crippen LogP contribution in [0.3, 0.4) is 0 Å². The number of carbonyl (C=O) groups excluding carboxylic acids is 1.